The maximum Gasteiger partial charge on any atom is 0.139 e. The van der Waals surface area contributed by atoms with Crippen molar-refractivity contribution in [2.75, 3.05) is 31.1 Å². The number of rotatable bonds is 3. The number of H-pyrrole nitrogens is 1. The van der Waals surface area contributed by atoms with Gasteiger partial charge in [-0.3, -0.25) is 0 Å². The average molecular weight is 340 g/mol. The number of nitrogens with one attached hydrogen (secondary N) is 2. The predicted molar refractivity (Wildman–Crippen MR) is 97.3 cm³/mol. The highest BCUT2D eigenvalue weighted by Crippen LogP contribution is 2.24. The van der Waals surface area contributed by atoms with Gasteiger partial charge in [0.05, 0.1) is 11.9 Å². The molecule has 24 heavy (non-hydrogen) atoms. The van der Waals surface area contributed by atoms with Crippen LogP contribution < -0.4 is 10.2 Å². The Balaban J connectivity index is 1.54. The Bertz CT molecular complexity index is 804. The molecule has 1 aliphatic heterocycles. The zero-order valence-electron chi connectivity index (χ0n) is 13.2. The first-order valence-corrected chi connectivity index (χ1v) is 8.40. The van der Waals surface area contributed by atoms with Crippen molar-refractivity contribution in [2.24, 2.45) is 0 Å². The highest BCUT2D eigenvalue weighted by atomic mass is 35.5. The van der Waals surface area contributed by atoms with Crippen molar-refractivity contribution in [1.29, 1.82) is 0 Å². The van der Waals surface area contributed by atoms with Gasteiger partial charge in [0.1, 0.15) is 11.6 Å². The summed E-state index contributed by atoms with van der Waals surface area (Å²) in [5.41, 5.74) is 3.01. The third-order valence-corrected chi connectivity index (χ3v) is 4.45. The minimum absolute atomic E-state index is 0.728. The molecule has 0 bridgehead atoms. The summed E-state index contributed by atoms with van der Waals surface area (Å²) >= 11 is 5.94. The van der Waals surface area contributed by atoms with Gasteiger partial charge in [-0.15, -0.1) is 0 Å². The molecule has 0 radical (unpaired) electrons. The van der Waals surface area contributed by atoms with Crippen LogP contribution >= 0.6 is 11.6 Å². The molecule has 0 spiro atoms. The zero-order valence-corrected chi connectivity index (χ0v) is 13.9. The molecule has 2 N–H and O–H groups in total. The summed E-state index contributed by atoms with van der Waals surface area (Å²) in [6.07, 6.45) is 3.71. The molecule has 6 heteroatoms. The van der Waals surface area contributed by atoms with Crippen LogP contribution in [0.5, 0.6) is 0 Å². The van der Waals surface area contributed by atoms with Crippen molar-refractivity contribution in [3.05, 3.63) is 53.8 Å². The molecular weight excluding hydrogens is 322 g/mol. The Labute approximate surface area is 145 Å². The van der Waals surface area contributed by atoms with E-state index in [2.05, 4.69) is 37.3 Å². The van der Waals surface area contributed by atoms with Crippen molar-refractivity contribution in [2.45, 2.75) is 0 Å². The third kappa shape index (κ3) is 3.13. The molecule has 0 atom stereocenters. The van der Waals surface area contributed by atoms with Crippen molar-refractivity contribution in [1.82, 2.24) is 20.3 Å². The van der Waals surface area contributed by atoms with Gasteiger partial charge in [0.15, 0.2) is 0 Å². The van der Waals surface area contributed by atoms with Gasteiger partial charge in [-0.1, -0.05) is 23.7 Å². The molecule has 0 unspecified atom stereocenters. The Hall–Kier alpha value is -2.37. The molecule has 4 rings (SSSR count). The molecule has 0 saturated carbocycles. The highest BCUT2D eigenvalue weighted by Gasteiger charge is 2.12. The first kappa shape index (κ1) is 15.2. The number of hydrogen-bond donors (Lipinski definition) is 2. The summed E-state index contributed by atoms with van der Waals surface area (Å²) in [7, 11) is 0. The summed E-state index contributed by atoms with van der Waals surface area (Å²) in [4.78, 5) is 14.7. The van der Waals surface area contributed by atoms with E-state index in [1.165, 1.54) is 0 Å². The highest BCUT2D eigenvalue weighted by molar-refractivity contribution is 6.30. The minimum Gasteiger partial charge on any atom is -0.354 e. The maximum atomic E-state index is 5.94. The van der Waals surface area contributed by atoms with E-state index >= 15 is 0 Å². The van der Waals surface area contributed by atoms with Crippen molar-refractivity contribution in [3.63, 3.8) is 0 Å². The number of benzene rings is 1. The number of aromatic amines is 1. The minimum atomic E-state index is 0.728. The number of aromatic nitrogens is 3. The van der Waals surface area contributed by atoms with E-state index in [0.717, 1.165) is 59.7 Å². The second-order valence-electron chi connectivity index (χ2n) is 5.79. The smallest absolute Gasteiger partial charge is 0.139 e. The lowest BCUT2D eigenvalue weighted by atomic mass is 10.2. The van der Waals surface area contributed by atoms with Crippen LogP contribution in [-0.4, -0.2) is 41.1 Å². The first-order chi connectivity index (χ1) is 11.8. The summed E-state index contributed by atoms with van der Waals surface area (Å²) in [5, 5.41) is 4.08. The quantitative estimate of drug-likeness (QED) is 0.769. The van der Waals surface area contributed by atoms with E-state index in [1.54, 1.807) is 0 Å². The van der Waals surface area contributed by atoms with E-state index in [4.69, 9.17) is 11.6 Å². The van der Waals surface area contributed by atoms with Gasteiger partial charge in [-0.25, -0.2) is 9.97 Å². The second kappa shape index (κ2) is 6.63. The van der Waals surface area contributed by atoms with Crippen LogP contribution in [0.3, 0.4) is 0 Å². The molecule has 3 heterocycles. The number of anilines is 1. The summed E-state index contributed by atoms with van der Waals surface area (Å²) in [5.74, 6) is 1.84. The fourth-order valence-corrected chi connectivity index (χ4v) is 2.98. The Morgan fingerprint density at radius 1 is 0.875 bits per heavy atom. The molecule has 0 aliphatic carbocycles. The molecule has 3 aromatic rings. The van der Waals surface area contributed by atoms with Crippen LogP contribution in [0.4, 0.5) is 5.82 Å². The first-order valence-electron chi connectivity index (χ1n) is 8.03. The molecular formula is C18H18ClN5. The second-order valence-corrected chi connectivity index (χ2v) is 6.23. The van der Waals surface area contributed by atoms with Gasteiger partial charge in [0.2, 0.25) is 0 Å². The Morgan fingerprint density at radius 2 is 1.62 bits per heavy atom. The number of imidazole rings is 1. The Kier molecular flexibility index (Phi) is 4.19. The van der Waals surface area contributed by atoms with Gasteiger partial charge in [-0.2, -0.15) is 0 Å². The van der Waals surface area contributed by atoms with E-state index in [0.29, 0.717) is 0 Å². The van der Waals surface area contributed by atoms with Crippen LogP contribution in [0, 0.1) is 0 Å². The van der Waals surface area contributed by atoms with Gasteiger partial charge < -0.3 is 15.2 Å². The van der Waals surface area contributed by atoms with Gasteiger partial charge in [0, 0.05) is 43.0 Å². The third-order valence-electron chi connectivity index (χ3n) is 4.19. The standard InChI is InChI=1S/C18H18ClN5/c19-15-4-1-13(2-5-15)16-12-22-18(23-16)14-3-6-17(21-11-14)24-9-7-20-8-10-24/h1-6,11-12,20H,7-10H2,(H,22,23). The number of pyridine rings is 1. The zero-order chi connectivity index (χ0) is 16.4. The molecule has 1 aliphatic rings. The van der Waals surface area contributed by atoms with Crippen molar-refractivity contribution >= 4 is 17.4 Å². The van der Waals surface area contributed by atoms with E-state index < -0.39 is 0 Å². The molecule has 1 fully saturated rings. The molecule has 1 saturated heterocycles. The number of nitrogens with zero attached hydrogens (tertiary/aromatic N) is 3. The average Bonchev–Trinajstić information content (AvgIpc) is 3.13. The lowest BCUT2D eigenvalue weighted by Crippen LogP contribution is -2.43. The van der Waals surface area contributed by atoms with E-state index in [-0.39, 0.29) is 0 Å². The molecule has 5 nitrogen and oxygen atoms in total. The summed E-state index contributed by atoms with van der Waals surface area (Å²) in [6.45, 7) is 4.00. The maximum absolute atomic E-state index is 5.94. The van der Waals surface area contributed by atoms with Crippen LogP contribution in [-0.2, 0) is 0 Å². The SMILES string of the molecule is Clc1ccc(-c2cnc(-c3ccc(N4CCNCC4)nc3)[nH]2)cc1. The predicted octanol–water partition coefficient (Wildman–Crippen LogP) is 3.20. The van der Waals surface area contributed by atoms with E-state index in [9.17, 15) is 0 Å². The molecule has 122 valence electrons. The number of piperazine rings is 1. The number of halogens is 1. The van der Waals surface area contributed by atoms with Gasteiger partial charge in [-0.05, 0) is 29.8 Å². The van der Waals surface area contributed by atoms with Crippen LogP contribution in [0.25, 0.3) is 22.6 Å². The molecule has 1 aromatic carbocycles. The topological polar surface area (TPSA) is 56.8 Å². The van der Waals surface area contributed by atoms with Crippen LogP contribution in [0.1, 0.15) is 0 Å². The lowest BCUT2D eigenvalue weighted by molar-refractivity contribution is 0.585. The molecule has 2 aromatic heterocycles. The van der Waals surface area contributed by atoms with Crippen molar-refractivity contribution < 1.29 is 0 Å². The normalized spacial score (nSPS) is 14.8. The van der Waals surface area contributed by atoms with Crippen LogP contribution in [0.2, 0.25) is 5.02 Å². The Morgan fingerprint density at radius 3 is 2.33 bits per heavy atom. The summed E-state index contributed by atoms with van der Waals surface area (Å²) < 4.78 is 0. The fraction of sp³-hybridized carbons (Fsp3) is 0.222. The number of hydrogen-bond acceptors (Lipinski definition) is 4. The van der Waals surface area contributed by atoms with Crippen LogP contribution in [0.15, 0.2) is 48.8 Å². The lowest BCUT2D eigenvalue weighted by Gasteiger charge is -2.28. The summed E-state index contributed by atoms with van der Waals surface area (Å²) in [6, 6.07) is 11.8. The monoisotopic (exact) mass is 339 g/mol. The largest absolute Gasteiger partial charge is 0.354 e. The fourth-order valence-electron chi connectivity index (χ4n) is 2.85. The van der Waals surface area contributed by atoms with E-state index in [1.807, 2.05) is 36.7 Å². The molecule has 0 amide bonds. The van der Waals surface area contributed by atoms with Gasteiger partial charge >= 0.3 is 0 Å². The van der Waals surface area contributed by atoms with Crippen molar-refractivity contribution in [3.8, 4) is 22.6 Å². The van der Waals surface area contributed by atoms with Gasteiger partial charge in [0.25, 0.3) is 0 Å².